The molecule has 0 aliphatic carbocycles. The van der Waals surface area contributed by atoms with E-state index >= 15 is 0 Å². The van der Waals surface area contributed by atoms with Crippen LogP contribution in [0.2, 0.25) is 0 Å². The molecule has 1 aliphatic rings. The van der Waals surface area contributed by atoms with Gasteiger partial charge in [-0.15, -0.1) is 11.8 Å². The number of carbonyl (C=O) groups is 1. The smallest absolute Gasteiger partial charge is 0.237 e. The minimum atomic E-state index is -0.237. The van der Waals surface area contributed by atoms with Crippen molar-refractivity contribution < 1.29 is 19.4 Å². The molecule has 2 aromatic rings. The lowest BCUT2D eigenvalue weighted by Crippen LogP contribution is -2.45. The second-order valence-electron chi connectivity index (χ2n) is 7.60. The molecule has 2 heterocycles. The molecular formula is C22H29N3O4S. The molecule has 0 spiro atoms. The summed E-state index contributed by atoms with van der Waals surface area (Å²) >= 11 is 1.70. The summed E-state index contributed by atoms with van der Waals surface area (Å²) in [6.45, 7) is 5.23. The molecule has 0 unspecified atom stereocenters. The quantitative estimate of drug-likeness (QED) is 0.665. The van der Waals surface area contributed by atoms with Crippen molar-refractivity contribution in [2.45, 2.75) is 49.2 Å². The molecule has 30 heavy (non-hydrogen) atoms. The first kappa shape index (κ1) is 22.2. The van der Waals surface area contributed by atoms with Gasteiger partial charge in [-0.3, -0.25) is 9.69 Å². The molecule has 1 fully saturated rings. The number of hydrogen-bond donors (Lipinski definition) is 2. The van der Waals surface area contributed by atoms with Crippen molar-refractivity contribution in [3.63, 3.8) is 0 Å². The lowest BCUT2D eigenvalue weighted by Gasteiger charge is -2.25. The van der Waals surface area contributed by atoms with Crippen LogP contribution in [-0.4, -0.2) is 59.0 Å². The standard InChI is InChI=1S/C22H29N3O4S/c1-14(2)24-22(27)17-11-16(30-20-7-5-6-8-23-20)13-25(17)12-15-9-18(28-3)21(26)19(10-15)29-4/h5-10,14,16-17,26H,11-13H2,1-4H3,(H,24,27)/t16-,17+/m1/s1. The third kappa shape index (κ3) is 5.37. The van der Waals surface area contributed by atoms with Crippen molar-refractivity contribution in [2.24, 2.45) is 0 Å². The topological polar surface area (TPSA) is 83.9 Å². The molecule has 8 heteroatoms. The molecule has 1 aliphatic heterocycles. The van der Waals surface area contributed by atoms with Crippen molar-refractivity contribution in [1.82, 2.24) is 15.2 Å². The normalized spacial score (nSPS) is 19.1. The fourth-order valence-corrected chi connectivity index (χ4v) is 4.80. The summed E-state index contributed by atoms with van der Waals surface area (Å²) in [5.74, 6) is 0.715. The molecule has 162 valence electrons. The van der Waals surface area contributed by atoms with Gasteiger partial charge in [0, 0.05) is 30.6 Å². The van der Waals surface area contributed by atoms with Gasteiger partial charge >= 0.3 is 0 Å². The Kier molecular flexibility index (Phi) is 7.44. The van der Waals surface area contributed by atoms with E-state index < -0.39 is 0 Å². The number of pyridine rings is 1. The number of ether oxygens (including phenoxy) is 2. The predicted molar refractivity (Wildman–Crippen MR) is 117 cm³/mol. The number of amides is 1. The first-order valence-corrected chi connectivity index (χ1v) is 10.8. The summed E-state index contributed by atoms with van der Waals surface area (Å²) in [6.07, 6.45) is 2.53. The van der Waals surface area contributed by atoms with Gasteiger partial charge in [0.2, 0.25) is 11.7 Å². The SMILES string of the molecule is COc1cc(CN2C[C@H](Sc3ccccn3)C[C@H]2C(=O)NC(C)C)cc(OC)c1O. The summed E-state index contributed by atoms with van der Waals surface area (Å²) in [7, 11) is 3.01. The molecule has 1 aromatic heterocycles. The number of rotatable bonds is 8. The van der Waals surface area contributed by atoms with Crippen molar-refractivity contribution in [3.8, 4) is 17.2 Å². The molecule has 1 aromatic carbocycles. The van der Waals surface area contributed by atoms with E-state index in [0.717, 1.165) is 23.6 Å². The van der Waals surface area contributed by atoms with Crippen LogP contribution in [0.4, 0.5) is 0 Å². The maximum atomic E-state index is 12.9. The maximum absolute atomic E-state index is 12.9. The number of nitrogens with zero attached hydrogens (tertiary/aromatic N) is 2. The Morgan fingerprint density at radius 2 is 2.00 bits per heavy atom. The second kappa shape index (κ2) is 10.0. The number of methoxy groups -OCH3 is 2. The number of carbonyl (C=O) groups excluding carboxylic acids is 1. The van der Waals surface area contributed by atoms with E-state index in [2.05, 4.69) is 15.2 Å². The second-order valence-corrected chi connectivity index (χ2v) is 8.92. The monoisotopic (exact) mass is 431 g/mol. The molecule has 3 rings (SSSR count). The minimum Gasteiger partial charge on any atom is -0.502 e. The van der Waals surface area contributed by atoms with Gasteiger partial charge in [0.15, 0.2) is 11.5 Å². The summed E-state index contributed by atoms with van der Waals surface area (Å²) in [5, 5.41) is 14.4. The minimum absolute atomic E-state index is 0.0251. The number of likely N-dealkylation sites (tertiary alicyclic amines) is 1. The van der Waals surface area contributed by atoms with Crippen LogP contribution in [0, 0.1) is 0 Å². The predicted octanol–water partition coefficient (Wildman–Crippen LogP) is 3.06. The number of aromatic nitrogens is 1. The Morgan fingerprint density at radius 1 is 1.30 bits per heavy atom. The van der Waals surface area contributed by atoms with Crippen LogP contribution < -0.4 is 14.8 Å². The van der Waals surface area contributed by atoms with Gasteiger partial charge in [0.25, 0.3) is 0 Å². The van der Waals surface area contributed by atoms with Gasteiger partial charge in [-0.25, -0.2) is 4.98 Å². The van der Waals surface area contributed by atoms with Crippen molar-refractivity contribution in [2.75, 3.05) is 20.8 Å². The number of hydrogen-bond acceptors (Lipinski definition) is 7. The van der Waals surface area contributed by atoms with E-state index in [1.165, 1.54) is 14.2 Å². The van der Waals surface area contributed by atoms with E-state index in [-0.39, 0.29) is 29.0 Å². The zero-order chi connectivity index (χ0) is 21.7. The lowest BCUT2D eigenvalue weighted by molar-refractivity contribution is -0.126. The lowest BCUT2D eigenvalue weighted by atomic mass is 10.1. The summed E-state index contributed by atoms with van der Waals surface area (Å²) < 4.78 is 10.6. The molecule has 2 atom stereocenters. The van der Waals surface area contributed by atoms with Crippen molar-refractivity contribution >= 4 is 17.7 Å². The Labute approximate surface area is 181 Å². The van der Waals surface area contributed by atoms with Gasteiger partial charge in [-0.05, 0) is 50.1 Å². The maximum Gasteiger partial charge on any atom is 0.237 e. The largest absolute Gasteiger partial charge is 0.502 e. The van der Waals surface area contributed by atoms with Gasteiger partial charge < -0.3 is 19.9 Å². The zero-order valence-electron chi connectivity index (χ0n) is 17.8. The highest BCUT2D eigenvalue weighted by molar-refractivity contribution is 7.99. The Bertz CT molecular complexity index is 838. The number of benzene rings is 1. The summed E-state index contributed by atoms with van der Waals surface area (Å²) in [4.78, 5) is 19.5. The molecule has 2 N–H and O–H groups in total. The first-order valence-electron chi connectivity index (χ1n) is 9.97. The van der Waals surface area contributed by atoms with E-state index in [4.69, 9.17) is 9.47 Å². The number of nitrogens with one attached hydrogen (secondary N) is 1. The van der Waals surface area contributed by atoms with E-state index in [1.807, 2.05) is 32.0 Å². The molecule has 1 saturated heterocycles. The highest BCUT2D eigenvalue weighted by Gasteiger charge is 2.37. The fraction of sp³-hybridized carbons (Fsp3) is 0.455. The Hall–Kier alpha value is -2.45. The average molecular weight is 432 g/mol. The number of aromatic hydroxyl groups is 1. The molecule has 0 bridgehead atoms. The van der Waals surface area contributed by atoms with E-state index in [0.29, 0.717) is 18.0 Å². The van der Waals surface area contributed by atoms with Crippen LogP contribution >= 0.6 is 11.8 Å². The van der Waals surface area contributed by atoms with Crippen molar-refractivity contribution in [1.29, 1.82) is 0 Å². The number of phenolic OH excluding ortho intramolecular Hbond substituents is 1. The van der Waals surface area contributed by atoms with Crippen LogP contribution in [-0.2, 0) is 11.3 Å². The van der Waals surface area contributed by atoms with Crippen LogP contribution in [0.1, 0.15) is 25.8 Å². The van der Waals surface area contributed by atoms with Gasteiger partial charge in [-0.2, -0.15) is 0 Å². The third-order valence-electron chi connectivity index (χ3n) is 4.95. The fourth-order valence-electron chi connectivity index (χ4n) is 3.64. The third-order valence-corrected chi connectivity index (χ3v) is 6.11. The Balaban J connectivity index is 1.81. The molecular weight excluding hydrogens is 402 g/mol. The first-order chi connectivity index (χ1) is 14.4. The van der Waals surface area contributed by atoms with Crippen LogP contribution in [0.3, 0.4) is 0 Å². The highest BCUT2D eigenvalue weighted by atomic mass is 32.2. The number of phenols is 1. The van der Waals surface area contributed by atoms with Crippen LogP contribution in [0.15, 0.2) is 41.6 Å². The Morgan fingerprint density at radius 3 is 2.57 bits per heavy atom. The van der Waals surface area contributed by atoms with Crippen molar-refractivity contribution in [3.05, 3.63) is 42.1 Å². The molecule has 0 radical (unpaired) electrons. The van der Waals surface area contributed by atoms with Crippen LogP contribution in [0.5, 0.6) is 17.2 Å². The molecule has 0 saturated carbocycles. The number of thioether (sulfide) groups is 1. The molecule has 1 amide bonds. The van der Waals surface area contributed by atoms with Crippen LogP contribution in [0.25, 0.3) is 0 Å². The average Bonchev–Trinajstić information content (AvgIpc) is 3.11. The zero-order valence-corrected chi connectivity index (χ0v) is 18.6. The van der Waals surface area contributed by atoms with Gasteiger partial charge in [0.05, 0.1) is 25.3 Å². The highest BCUT2D eigenvalue weighted by Crippen LogP contribution is 2.39. The van der Waals surface area contributed by atoms with Gasteiger partial charge in [-0.1, -0.05) is 6.07 Å². The summed E-state index contributed by atoms with van der Waals surface area (Å²) in [6, 6.07) is 9.28. The van der Waals surface area contributed by atoms with E-state index in [1.54, 1.807) is 30.1 Å². The summed E-state index contributed by atoms with van der Waals surface area (Å²) in [5.41, 5.74) is 0.910. The molecule has 7 nitrogen and oxygen atoms in total. The van der Waals surface area contributed by atoms with E-state index in [9.17, 15) is 9.90 Å². The van der Waals surface area contributed by atoms with Gasteiger partial charge in [0.1, 0.15) is 0 Å².